The summed E-state index contributed by atoms with van der Waals surface area (Å²) in [5, 5.41) is 22.6. The molecule has 1 aliphatic heterocycles. The van der Waals surface area contributed by atoms with Gasteiger partial charge in [0.25, 0.3) is 5.70 Å². The zero-order valence-electron chi connectivity index (χ0n) is 16.2. The molecule has 0 radical (unpaired) electrons. The van der Waals surface area contributed by atoms with Gasteiger partial charge in [-0.15, -0.1) is 0 Å². The lowest BCUT2D eigenvalue weighted by Gasteiger charge is -2.26. The molecule has 10 nitrogen and oxygen atoms in total. The van der Waals surface area contributed by atoms with Crippen molar-refractivity contribution in [2.75, 3.05) is 0 Å². The third-order valence-electron chi connectivity index (χ3n) is 4.89. The van der Waals surface area contributed by atoms with Crippen LogP contribution in [0.4, 0.5) is 0 Å². The molecule has 30 heavy (non-hydrogen) atoms. The fraction of sp³-hybridized carbons (Fsp3) is 0.200. The van der Waals surface area contributed by atoms with E-state index in [9.17, 15) is 14.9 Å². The zero-order valence-corrected chi connectivity index (χ0v) is 16.2. The van der Waals surface area contributed by atoms with Gasteiger partial charge in [-0.25, -0.2) is 9.42 Å². The number of hydrogen-bond acceptors (Lipinski definition) is 9. The van der Waals surface area contributed by atoms with Gasteiger partial charge in [-0.1, -0.05) is 12.1 Å². The molecule has 0 saturated carbocycles. The van der Waals surface area contributed by atoms with Gasteiger partial charge in [0.05, 0.1) is 16.2 Å². The molecule has 0 amide bonds. The molecule has 0 spiro atoms. The maximum absolute atomic E-state index is 13.1. The Bertz CT molecular complexity index is 1200. The quantitative estimate of drug-likeness (QED) is 0.385. The molecule has 0 unspecified atom stereocenters. The Morgan fingerprint density at radius 2 is 1.97 bits per heavy atom. The normalized spacial score (nSPS) is 16.5. The number of rotatable bonds is 5. The van der Waals surface area contributed by atoms with E-state index in [0.717, 1.165) is 5.56 Å². The first-order valence-electron chi connectivity index (χ1n) is 9.07. The molecule has 3 aromatic rings. The monoisotopic (exact) mass is 407 g/mol. The molecule has 0 fully saturated rings. The van der Waals surface area contributed by atoms with Crippen LogP contribution in [-0.2, 0) is 16.1 Å². The Labute approximate surface area is 170 Å². The lowest BCUT2D eigenvalue weighted by atomic mass is 9.83. The van der Waals surface area contributed by atoms with Gasteiger partial charge < -0.3 is 10.1 Å². The number of nitrogens with one attached hydrogen (secondary N) is 1. The van der Waals surface area contributed by atoms with E-state index in [1.54, 1.807) is 56.6 Å². The number of aromatic nitrogens is 3. The number of esters is 1. The van der Waals surface area contributed by atoms with E-state index in [2.05, 4.69) is 20.6 Å². The highest BCUT2D eigenvalue weighted by atomic mass is 16.6. The molecule has 1 atom stereocenters. The van der Waals surface area contributed by atoms with Crippen LogP contribution in [0, 0.1) is 10.1 Å². The molecule has 152 valence electrons. The van der Waals surface area contributed by atoms with Crippen LogP contribution in [-0.4, -0.2) is 26.2 Å². The number of pyridine rings is 1. The van der Waals surface area contributed by atoms with Crippen LogP contribution in [0.25, 0.3) is 11.0 Å². The van der Waals surface area contributed by atoms with Crippen molar-refractivity contribution in [1.82, 2.24) is 20.6 Å². The van der Waals surface area contributed by atoms with Crippen LogP contribution >= 0.6 is 0 Å². The van der Waals surface area contributed by atoms with Gasteiger partial charge in [-0.3, -0.25) is 15.1 Å². The first kappa shape index (κ1) is 19.2. The van der Waals surface area contributed by atoms with E-state index >= 15 is 0 Å². The second-order valence-electron chi connectivity index (χ2n) is 6.77. The average molecular weight is 407 g/mol. The van der Waals surface area contributed by atoms with Crippen LogP contribution in [0.1, 0.15) is 30.9 Å². The van der Waals surface area contributed by atoms with Gasteiger partial charge in [0.1, 0.15) is 23.6 Å². The largest absolute Gasteiger partial charge is 0.457 e. The SMILES string of the molecule is CC1=C(C(=O)OCc2ccncc2)[C@@H](c2cccc3nonc23)C([N+](=O)[O-])=C(C)N1. The van der Waals surface area contributed by atoms with Crippen molar-refractivity contribution in [3.63, 3.8) is 0 Å². The topological polar surface area (TPSA) is 133 Å². The summed E-state index contributed by atoms with van der Waals surface area (Å²) in [6.07, 6.45) is 3.18. The predicted molar refractivity (Wildman–Crippen MR) is 104 cm³/mol. The zero-order chi connectivity index (χ0) is 21.3. The van der Waals surface area contributed by atoms with Crippen LogP contribution < -0.4 is 5.32 Å². The minimum Gasteiger partial charge on any atom is -0.457 e. The summed E-state index contributed by atoms with van der Waals surface area (Å²) < 4.78 is 10.3. The van der Waals surface area contributed by atoms with Crippen molar-refractivity contribution in [1.29, 1.82) is 0 Å². The standard InChI is InChI=1S/C20H17N5O5/c1-11-16(20(26)29-10-13-6-8-21-9-7-13)17(19(25(27)28)12(2)22-11)14-4-3-5-15-18(14)24-30-23-15/h3-9,17,22H,10H2,1-2H3/t17-/m1/s1. The van der Waals surface area contributed by atoms with Gasteiger partial charge in [-0.05, 0) is 47.9 Å². The molecule has 0 bridgehead atoms. The highest BCUT2D eigenvalue weighted by molar-refractivity contribution is 5.94. The molecule has 3 heterocycles. The molecule has 2 aromatic heterocycles. The third kappa shape index (κ3) is 3.39. The minimum absolute atomic E-state index is 0.0110. The Hall–Kier alpha value is -4.08. The van der Waals surface area contributed by atoms with Gasteiger partial charge in [-0.2, -0.15) is 0 Å². The Morgan fingerprint density at radius 1 is 1.20 bits per heavy atom. The number of nitrogens with zero attached hydrogens (tertiary/aromatic N) is 4. The maximum atomic E-state index is 13.1. The van der Waals surface area contributed by atoms with Crippen LogP contribution in [0.5, 0.6) is 0 Å². The minimum atomic E-state index is -0.998. The number of dihydropyridines is 1. The van der Waals surface area contributed by atoms with Crippen molar-refractivity contribution in [2.45, 2.75) is 26.4 Å². The first-order valence-corrected chi connectivity index (χ1v) is 9.07. The van der Waals surface area contributed by atoms with E-state index in [4.69, 9.17) is 9.37 Å². The number of allylic oxidation sites excluding steroid dienone is 3. The van der Waals surface area contributed by atoms with Crippen LogP contribution in [0.2, 0.25) is 0 Å². The second-order valence-corrected chi connectivity index (χ2v) is 6.77. The van der Waals surface area contributed by atoms with Crippen molar-refractivity contribution in [2.24, 2.45) is 0 Å². The molecule has 1 aromatic carbocycles. The summed E-state index contributed by atoms with van der Waals surface area (Å²) in [7, 11) is 0. The summed E-state index contributed by atoms with van der Waals surface area (Å²) in [6.45, 7) is 3.28. The van der Waals surface area contributed by atoms with Crippen molar-refractivity contribution in [3.05, 3.63) is 86.6 Å². The summed E-state index contributed by atoms with van der Waals surface area (Å²) in [5.74, 6) is -1.66. The number of nitro groups is 1. The summed E-state index contributed by atoms with van der Waals surface area (Å²) in [4.78, 5) is 28.4. The van der Waals surface area contributed by atoms with E-state index in [1.807, 2.05) is 0 Å². The van der Waals surface area contributed by atoms with E-state index in [0.29, 0.717) is 28.0 Å². The molecule has 1 N–H and O–H groups in total. The van der Waals surface area contributed by atoms with Crippen molar-refractivity contribution in [3.8, 4) is 0 Å². The fourth-order valence-corrected chi connectivity index (χ4v) is 3.56. The summed E-state index contributed by atoms with van der Waals surface area (Å²) >= 11 is 0. The molecule has 1 aliphatic rings. The highest BCUT2D eigenvalue weighted by Gasteiger charge is 2.42. The lowest BCUT2D eigenvalue weighted by Crippen LogP contribution is -2.31. The van der Waals surface area contributed by atoms with Crippen LogP contribution in [0.3, 0.4) is 0 Å². The van der Waals surface area contributed by atoms with Crippen molar-refractivity contribution < 1.29 is 19.1 Å². The van der Waals surface area contributed by atoms with E-state index in [-0.39, 0.29) is 17.9 Å². The molecule has 0 aliphatic carbocycles. The Morgan fingerprint density at radius 3 is 2.70 bits per heavy atom. The number of carbonyl (C=O) groups excluding carboxylic acids is 1. The predicted octanol–water partition coefficient (Wildman–Crippen LogP) is 2.83. The Kier molecular flexibility index (Phi) is 4.97. The number of fused-ring (bicyclic) bond motifs is 1. The van der Waals surface area contributed by atoms with Crippen molar-refractivity contribution >= 4 is 17.0 Å². The van der Waals surface area contributed by atoms with E-state index in [1.165, 1.54) is 0 Å². The van der Waals surface area contributed by atoms with Crippen LogP contribution in [0.15, 0.2) is 70.0 Å². The Balaban J connectivity index is 1.78. The first-order chi connectivity index (χ1) is 14.5. The van der Waals surface area contributed by atoms with Gasteiger partial charge in [0.15, 0.2) is 0 Å². The molecular weight excluding hydrogens is 390 g/mol. The van der Waals surface area contributed by atoms with Gasteiger partial charge in [0.2, 0.25) is 0 Å². The molecule has 0 saturated heterocycles. The fourth-order valence-electron chi connectivity index (χ4n) is 3.56. The van der Waals surface area contributed by atoms with Gasteiger partial charge in [0, 0.05) is 23.7 Å². The summed E-state index contributed by atoms with van der Waals surface area (Å²) in [5.41, 5.74) is 2.76. The smallest absolute Gasteiger partial charge is 0.337 e. The third-order valence-corrected chi connectivity index (χ3v) is 4.89. The number of benzene rings is 1. The lowest BCUT2D eigenvalue weighted by molar-refractivity contribution is -0.431. The average Bonchev–Trinajstić information content (AvgIpc) is 3.21. The van der Waals surface area contributed by atoms with E-state index < -0.39 is 16.8 Å². The number of ether oxygens (including phenoxy) is 1. The van der Waals surface area contributed by atoms with Gasteiger partial charge >= 0.3 is 5.97 Å². The number of carbonyl (C=O) groups is 1. The number of hydrogen-bond donors (Lipinski definition) is 1. The molecular formula is C20H17N5O5. The maximum Gasteiger partial charge on any atom is 0.337 e. The molecule has 4 rings (SSSR count). The highest BCUT2D eigenvalue weighted by Crippen LogP contribution is 2.40. The summed E-state index contributed by atoms with van der Waals surface area (Å²) in [6, 6.07) is 8.48. The second kappa shape index (κ2) is 7.74. The molecule has 10 heteroatoms.